The van der Waals surface area contributed by atoms with E-state index in [0.717, 1.165) is 28.1 Å². The predicted octanol–water partition coefficient (Wildman–Crippen LogP) is 7.25. The number of hydrogen-bond acceptors (Lipinski definition) is 1. The third kappa shape index (κ3) is 6.95. The fraction of sp³-hybridized carbons (Fsp3) is 0.231. The van der Waals surface area contributed by atoms with Gasteiger partial charge in [-0.3, -0.25) is 5.11 Å². The molecule has 212 valence electrons. The standard InChI is InChI=1S/C39H40N3.K/c1-23-17-26(4)36(27(5)18-23)32-13-10-11-16-35(32)40-42-41-39-33(37-28(6)19-24(2)20-29(37)7)14-12-15-34(39)38-30(8)21-25(3)22-31(38)9;/h10-22H,1-9H3;/q-1;+1/p+1. The van der Waals surface area contributed by atoms with E-state index in [1.807, 2.05) is 12.1 Å². The van der Waals surface area contributed by atoms with Crippen molar-refractivity contribution in [3.8, 4) is 33.4 Å². The Hall–Kier alpha value is -2.86. The van der Waals surface area contributed by atoms with Crippen LogP contribution in [-0.2, 0) is 0 Å². The molecule has 0 amide bonds. The van der Waals surface area contributed by atoms with Gasteiger partial charge >= 0.3 is 51.4 Å². The van der Waals surface area contributed by atoms with Crippen LogP contribution in [0.2, 0.25) is 0 Å². The van der Waals surface area contributed by atoms with E-state index in [-0.39, 0.29) is 51.4 Å². The molecule has 0 aliphatic heterocycles. The summed E-state index contributed by atoms with van der Waals surface area (Å²) in [6, 6.07) is 28.3. The summed E-state index contributed by atoms with van der Waals surface area (Å²) >= 11 is 0. The number of para-hydroxylation sites is 1. The first-order chi connectivity index (χ1) is 20.0. The normalized spacial score (nSPS) is 11.1. The molecule has 0 atom stereocenters. The molecule has 0 radical (unpaired) electrons. The van der Waals surface area contributed by atoms with E-state index >= 15 is 0 Å². The van der Waals surface area contributed by atoms with Crippen LogP contribution in [0, 0.1) is 62.3 Å². The average molecular weight is 591 g/mol. The quantitative estimate of drug-likeness (QED) is 0.123. The fourth-order valence-corrected chi connectivity index (χ4v) is 6.81. The molecule has 3 nitrogen and oxygen atoms in total. The Kier molecular flexibility index (Phi) is 10.6. The van der Waals surface area contributed by atoms with Gasteiger partial charge in [-0.1, -0.05) is 94.7 Å². The fourth-order valence-electron chi connectivity index (χ4n) is 6.81. The summed E-state index contributed by atoms with van der Waals surface area (Å²) in [5.74, 6) is 0. The van der Waals surface area contributed by atoms with E-state index in [1.54, 1.807) is 0 Å². The van der Waals surface area contributed by atoms with Gasteiger partial charge in [0.15, 0.2) is 0 Å². The van der Waals surface area contributed by atoms with Gasteiger partial charge in [0.05, 0.1) is 11.4 Å². The first-order valence-corrected chi connectivity index (χ1v) is 14.7. The molecule has 5 aromatic carbocycles. The predicted molar refractivity (Wildman–Crippen MR) is 178 cm³/mol. The molecule has 1 N–H and O–H groups in total. The van der Waals surface area contributed by atoms with Crippen molar-refractivity contribution in [2.75, 3.05) is 0 Å². The Morgan fingerprint density at radius 1 is 0.465 bits per heavy atom. The Labute approximate surface area is 300 Å². The molecule has 0 saturated heterocycles. The van der Waals surface area contributed by atoms with Crippen molar-refractivity contribution in [3.05, 3.63) is 134 Å². The van der Waals surface area contributed by atoms with E-state index in [2.05, 4.69) is 139 Å². The smallest absolute Gasteiger partial charge is 0.259 e. The maximum absolute atomic E-state index is 4.78. The molecule has 0 fully saturated rings. The van der Waals surface area contributed by atoms with Crippen molar-refractivity contribution in [3.63, 3.8) is 0 Å². The number of nitrogens with zero attached hydrogens (tertiary/aromatic N) is 2. The zero-order valence-corrected chi connectivity index (χ0v) is 30.5. The van der Waals surface area contributed by atoms with Crippen molar-refractivity contribution in [2.45, 2.75) is 62.3 Å². The summed E-state index contributed by atoms with van der Waals surface area (Å²) in [7, 11) is 0. The van der Waals surface area contributed by atoms with Gasteiger partial charge in [-0.25, -0.2) is 0 Å². The van der Waals surface area contributed by atoms with Gasteiger partial charge in [0.1, 0.15) is 0 Å². The minimum atomic E-state index is 0. The number of aryl methyl sites for hydroxylation is 9. The Morgan fingerprint density at radius 2 is 0.814 bits per heavy atom. The molecule has 5 aromatic rings. The van der Waals surface area contributed by atoms with Crippen LogP contribution >= 0.6 is 0 Å². The van der Waals surface area contributed by atoms with Crippen LogP contribution in [0.15, 0.2) is 84.1 Å². The minimum absolute atomic E-state index is 0. The van der Waals surface area contributed by atoms with Crippen LogP contribution < -0.4 is 56.5 Å². The molecular weight excluding hydrogens is 550 g/mol. The molecular formula is C39H41KN3+. The number of hydrogen-bond donors (Lipinski definition) is 1. The van der Waals surface area contributed by atoms with Crippen molar-refractivity contribution in [1.82, 2.24) is 0 Å². The molecule has 0 aromatic heterocycles. The molecule has 4 heteroatoms. The van der Waals surface area contributed by atoms with Gasteiger partial charge in [0, 0.05) is 16.7 Å². The summed E-state index contributed by atoms with van der Waals surface area (Å²) in [4.78, 5) is 0. The van der Waals surface area contributed by atoms with Crippen molar-refractivity contribution in [1.29, 1.82) is 0 Å². The second-order valence-electron chi connectivity index (χ2n) is 11.9. The van der Waals surface area contributed by atoms with Crippen molar-refractivity contribution in [2.24, 2.45) is 5.22 Å². The molecule has 0 unspecified atom stereocenters. The summed E-state index contributed by atoms with van der Waals surface area (Å²) in [5.41, 5.74) is 24.9. The molecule has 0 heterocycles. The Balaban J connectivity index is 0.00000423. The van der Waals surface area contributed by atoms with Crippen LogP contribution in [0.4, 0.5) is 11.4 Å². The second-order valence-corrected chi connectivity index (χ2v) is 11.9. The van der Waals surface area contributed by atoms with Gasteiger partial charge in [0.25, 0.3) is 0 Å². The molecule has 0 bridgehead atoms. The molecule has 0 aliphatic carbocycles. The zero-order valence-electron chi connectivity index (χ0n) is 27.4. The maximum Gasteiger partial charge on any atom is 1.00 e. The van der Waals surface area contributed by atoms with Crippen LogP contribution in [0.3, 0.4) is 0 Å². The molecule has 0 spiro atoms. The molecule has 0 saturated carbocycles. The number of rotatable bonds is 6. The van der Waals surface area contributed by atoms with Gasteiger partial charge in [-0.2, -0.15) is 0 Å². The van der Waals surface area contributed by atoms with E-state index in [9.17, 15) is 0 Å². The molecule has 0 aliphatic rings. The topological polar surface area (TPSA) is 40.4 Å². The van der Waals surface area contributed by atoms with Crippen molar-refractivity contribution >= 4 is 11.4 Å². The summed E-state index contributed by atoms with van der Waals surface area (Å²) in [6.07, 6.45) is 0. The summed E-state index contributed by atoms with van der Waals surface area (Å²) in [6.45, 7) is 19.6. The van der Waals surface area contributed by atoms with Crippen LogP contribution in [-0.4, -0.2) is 0 Å². The van der Waals surface area contributed by atoms with Gasteiger partial charge < -0.3 is 0 Å². The monoisotopic (exact) mass is 590 g/mol. The van der Waals surface area contributed by atoms with Gasteiger partial charge in [-0.05, 0) is 118 Å². The molecule has 43 heavy (non-hydrogen) atoms. The van der Waals surface area contributed by atoms with Gasteiger partial charge in [-0.15, -0.1) is 5.43 Å². The zero-order chi connectivity index (χ0) is 30.1. The third-order valence-corrected chi connectivity index (χ3v) is 8.13. The summed E-state index contributed by atoms with van der Waals surface area (Å²) < 4.78 is 0. The largest absolute Gasteiger partial charge is 1.00 e. The third-order valence-electron chi connectivity index (χ3n) is 8.13. The van der Waals surface area contributed by atoms with E-state index < -0.39 is 0 Å². The Morgan fingerprint density at radius 3 is 1.23 bits per heavy atom. The van der Waals surface area contributed by atoms with E-state index in [0.29, 0.717) is 0 Å². The first kappa shape index (κ1) is 33.0. The van der Waals surface area contributed by atoms with Gasteiger partial charge in [0.2, 0.25) is 0 Å². The average Bonchev–Trinajstić information content (AvgIpc) is 2.89. The van der Waals surface area contributed by atoms with Crippen molar-refractivity contribution < 1.29 is 56.5 Å². The minimum Gasteiger partial charge on any atom is -0.259 e. The van der Waals surface area contributed by atoms with E-state index in [1.165, 1.54) is 66.8 Å². The summed E-state index contributed by atoms with van der Waals surface area (Å²) in [5, 5.41) is 8.12. The second kappa shape index (κ2) is 13.8. The Bertz CT molecular complexity index is 1700. The van der Waals surface area contributed by atoms with Crippen LogP contribution in [0.25, 0.3) is 38.8 Å². The van der Waals surface area contributed by atoms with E-state index in [4.69, 9.17) is 5.43 Å². The number of benzene rings is 5. The molecule has 5 rings (SSSR count). The first-order valence-electron chi connectivity index (χ1n) is 14.7. The SMILES string of the molecule is Cc1cc(C)c(-c2ccccc2[N-]N=[NH+]c2c(-c3c(C)cc(C)cc3C)cccc2-c2c(C)cc(C)cc2C)c(C)c1.[K+]. The maximum atomic E-state index is 4.78. The van der Waals surface area contributed by atoms with Crippen LogP contribution in [0.1, 0.15) is 50.1 Å². The number of nitrogens with one attached hydrogen (secondary N) is 1. The van der Waals surface area contributed by atoms with Crippen LogP contribution in [0.5, 0.6) is 0 Å².